The van der Waals surface area contributed by atoms with Crippen molar-refractivity contribution in [3.63, 3.8) is 0 Å². The van der Waals surface area contributed by atoms with Crippen LogP contribution in [0.4, 0.5) is 0 Å². The number of nitrogens with two attached hydrogens (primary N) is 1. The largest absolute Gasteiger partial charge is 0.481 e. The lowest BCUT2D eigenvalue weighted by Gasteiger charge is -2.34. The molecule has 3 atom stereocenters. The molecular formula is C13H19N3O4. The minimum absolute atomic E-state index is 0.0540. The Hall–Kier alpha value is -1.89. The first kappa shape index (κ1) is 14.5. The molecule has 1 aromatic rings. The first-order valence-electron chi connectivity index (χ1n) is 6.68. The summed E-state index contributed by atoms with van der Waals surface area (Å²) in [4.78, 5) is 36.2. The SMILES string of the molecule is Cc1cn([C@H]2CC[C@H](CC(=O)O)C[C@@H]2N)c(=O)[nH]c1=O. The van der Waals surface area contributed by atoms with Crippen LogP contribution in [0, 0.1) is 12.8 Å². The van der Waals surface area contributed by atoms with E-state index in [2.05, 4.69) is 4.98 Å². The van der Waals surface area contributed by atoms with Gasteiger partial charge in [-0.25, -0.2) is 4.79 Å². The Morgan fingerprint density at radius 1 is 1.50 bits per heavy atom. The van der Waals surface area contributed by atoms with Crippen molar-refractivity contribution in [2.45, 2.75) is 44.7 Å². The second-order valence-electron chi connectivity index (χ2n) is 5.49. The number of aryl methyl sites for hydroxylation is 1. The molecule has 0 aromatic carbocycles. The number of hydrogen-bond donors (Lipinski definition) is 3. The second-order valence-corrected chi connectivity index (χ2v) is 5.49. The van der Waals surface area contributed by atoms with Crippen LogP contribution in [-0.2, 0) is 4.79 Å². The third-order valence-corrected chi connectivity index (χ3v) is 3.94. The van der Waals surface area contributed by atoms with Gasteiger partial charge in [0.15, 0.2) is 0 Å². The van der Waals surface area contributed by atoms with Crippen LogP contribution in [0.3, 0.4) is 0 Å². The molecule has 7 heteroatoms. The summed E-state index contributed by atoms with van der Waals surface area (Å²) >= 11 is 0. The maximum absolute atomic E-state index is 11.9. The number of carboxylic acids is 1. The van der Waals surface area contributed by atoms with E-state index in [1.54, 1.807) is 6.92 Å². The lowest BCUT2D eigenvalue weighted by Crippen LogP contribution is -2.44. The van der Waals surface area contributed by atoms with Gasteiger partial charge >= 0.3 is 11.7 Å². The van der Waals surface area contributed by atoms with Gasteiger partial charge in [0.05, 0.1) is 6.04 Å². The van der Waals surface area contributed by atoms with Gasteiger partial charge < -0.3 is 10.8 Å². The lowest BCUT2D eigenvalue weighted by molar-refractivity contribution is -0.138. The fourth-order valence-corrected chi connectivity index (χ4v) is 2.89. The average Bonchev–Trinajstić information content (AvgIpc) is 2.34. The smallest absolute Gasteiger partial charge is 0.328 e. The van der Waals surface area contributed by atoms with Crippen LogP contribution in [0.15, 0.2) is 15.8 Å². The van der Waals surface area contributed by atoms with Gasteiger partial charge in [-0.2, -0.15) is 0 Å². The van der Waals surface area contributed by atoms with Gasteiger partial charge in [0.1, 0.15) is 0 Å². The van der Waals surface area contributed by atoms with E-state index in [1.807, 2.05) is 0 Å². The second kappa shape index (κ2) is 5.62. The van der Waals surface area contributed by atoms with Gasteiger partial charge in [0, 0.05) is 24.2 Å². The first-order chi connectivity index (χ1) is 9.38. The third kappa shape index (κ3) is 2.98. The molecule has 1 aliphatic rings. The van der Waals surface area contributed by atoms with Crippen LogP contribution < -0.4 is 17.0 Å². The van der Waals surface area contributed by atoms with Gasteiger partial charge in [0.25, 0.3) is 5.56 Å². The van der Waals surface area contributed by atoms with Gasteiger partial charge in [-0.1, -0.05) is 0 Å². The molecule has 0 spiro atoms. The van der Waals surface area contributed by atoms with Gasteiger partial charge in [-0.15, -0.1) is 0 Å². The molecular weight excluding hydrogens is 262 g/mol. The average molecular weight is 281 g/mol. The zero-order chi connectivity index (χ0) is 14.9. The Kier molecular flexibility index (Phi) is 4.08. The number of aromatic nitrogens is 2. The molecule has 1 saturated carbocycles. The zero-order valence-electron chi connectivity index (χ0n) is 11.3. The highest BCUT2D eigenvalue weighted by Gasteiger charge is 2.30. The Morgan fingerprint density at radius 3 is 2.80 bits per heavy atom. The van der Waals surface area contributed by atoms with Gasteiger partial charge in [-0.3, -0.25) is 19.1 Å². The van der Waals surface area contributed by atoms with Crippen LogP contribution in [0.2, 0.25) is 0 Å². The summed E-state index contributed by atoms with van der Waals surface area (Å²) in [6.07, 6.45) is 3.57. The van der Waals surface area contributed by atoms with E-state index in [-0.39, 0.29) is 30.0 Å². The van der Waals surface area contributed by atoms with Crippen LogP contribution in [-0.4, -0.2) is 26.7 Å². The standard InChI is InChI=1S/C13H19N3O4/c1-7-6-16(13(20)15-12(7)19)10-3-2-8(4-9(10)14)5-11(17)18/h6,8-10H,2-5,14H2,1H3,(H,17,18)(H,15,19,20)/t8-,9-,10-/m0/s1. The number of carboxylic acid groups (broad SMARTS) is 1. The molecule has 20 heavy (non-hydrogen) atoms. The van der Waals surface area contributed by atoms with Crippen molar-refractivity contribution in [3.8, 4) is 0 Å². The highest BCUT2D eigenvalue weighted by molar-refractivity contribution is 5.67. The topological polar surface area (TPSA) is 118 Å². The molecule has 1 heterocycles. The van der Waals surface area contributed by atoms with Crippen molar-refractivity contribution in [1.29, 1.82) is 0 Å². The van der Waals surface area contributed by atoms with Crippen molar-refractivity contribution in [2.75, 3.05) is 0 Å². The van der Waals surface area contributed by atoms with Crippen molar-refractivity contribution in [1.82, 2.24) is 9.55 Å². The Morgan fingerprint density at radius 2 is 2.20 bits per heavy atom. The van der Waals surface area contributed by atoms with Crippen LogP contribution in [0.5, 0.6) is 0 Å². The van der Waals surface area contributed by atoms with E-state index in [1.165, 1.54) is 10.8 Å². The van der Waals surface area contributed by atoms with Crippen LogP contribution >= 0.6 is 0 Å². The molecule has 0 unspecified atom stereocenters. The highest BCUT2D eigenvalue weighted by atomic mass is 16.4. The summed E-state index contributed by atoms with van der Waals surface area (Å²) in [6.45, 7) is 1.64. The molecule has 1 aromatic heterocycles. The number of H-pyrrole nitrogens is 1. The number of carbonyl (C=O) groups is 1. The lowest BCUT2D eigenvalue weighted by atomic mass is 9.81. The predicted molar refractivity (Wildman–Crippen MR) is 72.7 cm³/mol. The molecule has 0 saturated heterocycles. The molecule has 110 valence electrons. The molecule has 4 N–H and O–H groups in total. The number of nitrogens with one attached hydrogen (secondary N) is 1. The van der Waals surface area contributed by atoms with E-state index in [0.717, 1.165) is 6.42 Å². The fraction of sp³-hybridized carbons (Fsp3) is 0.615. The first-order valence-corrected chi connectivity index (χ1v) is 6.68. The summed E-state index contributed by atoms with van der Waals surface area (Å²) in [5.74, 6) is -0.768. The third-order valence-electron chi connectivity index (χ3n) is 3.94. The van der Waals surface area contributed by atoms with E-state index in [0.29, 0.717) is 18.4 Å². The van der Waals surface area contributed by atoms with E-state index in [4.69, 9.17) is 10.8 Å². The van der Waals surface area contributed by atoms with E-state index < -0.39 is 11.7 Å². The summed E-state index contributed by atoms with van der Waals surface area (Å²) in [7, 11) is 0. The minimum Gasteiger partial charge on any atom is -0.481 e. The molecule has 0 radical (unpaired) electrons. The molecule has 0 aliphatic heterocycles. The van der Waals surface area contributed by atoms with Crippen LogP contribution in [0.1, 0.15) is 37.3 Å². The maximum Gasteiger partial charge on any atom is 0.328 e. The summed E-state index contributed by atoms with van der Waals surface area (Å²) in [6, 6.07) is -0.473. The van der Waals surface area contributed by atoms with Crippen molar-refractivity contribution < 1.29 is 9.90 Å². The van der Waals surface area contributed by atoms with E-state index in [9.17, 15) is 14.4 Å². The number of nitrogens with zero attached hydrogens (tertiary/aromatic N) is 1. The highest BCUT2D eigenvalue weighted by Crippen LogP contribution is 2.32. The summed E-state index contributed by atoms with van der Waals surface area (Å²) in [5, 5.41) is 8.81. The summed E-state index contributed by atoms with van der Waals surface area (Å²) < 4.78 is 1.47. The quantitative estimate of drug-likeness (QED) is 0.720. The zero-order valence-corrected chi connectivity index (χ0v) is 11.3. The minimum atomic E-state index is -0.822. The Labute approximate surface area is 115 Å². The van der Waals surface area contributed by atoms with Crippen LogP contribution in [0.25, 0.3) is 0 Å². The fourth-order valence-electron chi connectivity index (χ4n) is 2.89. The maximum atomic E-state index is 11.9. The number of aliphatic carboxylic acids is 1. The van der Waals surface area contributed by atoms with Crippen molar-refractivity contribution in [2.24, 2.45) is 11.7 Å². The molecule has 2 rings (SSSR count). The molecule has 0 amide bonds. The van der Waals surface area contributed by atoms with Crippen molar-refractivity contribution >= 4 is 5.97 Å². The van der Waals surface area contributed by atoms with E-state index >= 15 is 0 Å². The Bertz CT molecular complexity index is 619. The number of aromatic amines is 1. The molecule has 1 fully saturated rings. The normalized spacial score (nSPS) is 26.4. The molecule has 0 bridgehead atoms. The van der Waals surface area contributed by atoms with Gasteiger partial charge in [-0.05, 0) is 32.1 Å². The predicted octanol–water partition coefficient (Wildman–Crippen LogP) is -0.0118. The number of rotatable bonds is 3. The molecule has 7 nitrogen and oxygen atoms in total. The van der Waals surface area contributed by atoms with Crippen molar-refractivity contribution in [3.05, 3.63) is 32.6 Å². The van der Waals surface area contributed by atoms with Gasteiger partial charge in [0.2, 0.25) is 0 Å². The Balaban J connectivity index is 2.19. The monoisotopic (exact) mass is 281 g/mol. The molecule has 1 aliphatic carbocycles. The number of hydrogen-bond acceptors (Lipinski definition) is 4. The summed E-state index contributed by atoms with van der Waals surface area (Å²) in [5.41, 5.74) is 5.70.